The molecule has 0 spiro atoms. The van der Waals surface area contributed by atoms with Gasteiger partial charge in [-0.25, -0.2) is 0 Å². The number of nitrogens with one attached hydrogen (secondary N) is 2. The predicted octanol–water partition coefficient (Wildman–Crippen LogP) is 5.77. The molecule has 3 rings (SSSR count). The lowest BCUT2D eigenvalue weighted by Crippen LogP contribution is -2.36. The van der Waals surface area contributed by atoms with Crippen molar-refractivity contribution in [1.82, 2.24) is 5.32 Å². The number of ketones is 1. The molecule has 0 heterocycles. The van der Waals surface area contributed by atoms with Crippen molar-refractivity contribution in [3.05, 3.63) is 63.1 Å². The number of anilines is 1. The Balaban J connectivity index is 1.56. The van der Waals surface area contributed by atoms with Gasteiger partial charge in [0.25, 0.3) is 5.91 Å². The van der Waals surface area contributed by atoms with Gasteiger partial charge in [0.15, 0.2) is 5.78 Å². The van der Waals surface area contributed by atoms with Crippen molar-refractivity contribution in [2.45, 2.75) is 51.0 Å². The minimum Gasteiger partial charge on any atom is -0.349 e. The Hall–Kier alpha value is -2.18. The second-order valence-electron chi connectivity index (χ2n) is 7.48. The van der Waals surface area contributed by atoms with E-state index in [0.717, 1.165) is 30.2 Å². The van der Waals surface area contributed by atoms with Gasteiger partial charge in [-0.05, 0) is 43.2 Å². The Labute approximate surface area is 189 Å². The summed E-state index contributed by atoms with van der Waals surface area (Å²) in [6, 6.07) is 12.0. The number of hydrogen-bond donors (Lipinski definition) is 2. The molecule has 1 fully saturated rings. The lowest BCUT2D eigenvalue weighted by atomic mass is 9.95. The summed E-state index contributed by atoms with van der Waals surface area (Å²) in [5.74, 6) is -0.615. The quantitative estimate of drug-likeness (QED) is 0.483. The van der Waals surface area contributed by atoms with Crippen molar-refractivity contribution in [3.63, 3.8) is 0 Å². The molecule has 1 saturated carbocycles. The third-order valence-corrected chi connectivity index (χ3v) is 6.04. The molecule has 158 valence electrons. The number of halogens is 2. The smallest absolute Gasteiger partial charge is 0.253 e. The van der Waals surface area contributed by atoms with Crippen LogP contribution in [-0.2, 0) is 4.79 Å². The van der Waals surface area contributed by atoms with E-state index < -0.39 is 0 Å². The van der Waals surface area contributed by atoms with Gasteiger partial charge in [0.2, 0.25) is 5.91 Å². The number of hydrogen-bond acceptors (Lipinski definition) is 3. The van der Waals surface area contributed by atoms with Crippen molar-refractivity contribution in [3.8, 4) is 0 Å². The van der Waals surface area contributed by atoms with Gasteiger partial charge in [-0.1, -0.05) is 58.9 Å². The topological polar surface area (TPSA) is 75.3 Å². The molecule has 0 aromatic heterocycles. The van der Waals surface area contributed by atoms with E-state index in [0.29, 0.717) is 21.8 Å². The summed E-state index contributed by atoms with van der Waals surface area (Å²) in [5.41, 5.74) is 1.39. The maximum absolute atomic E-state index is 12.6. The Bertz CT molecular complexity index is 925. The number of benzene rings is 2. The Morgan fingerprint density at radius 2 is 1.67 bits per heavy atom. The molecule has 7 heteroatoms. The molecule has 0 aliphatic heterocycles. The van der Waals surface area contributed by atoms with Gasteiger partial charge in [0, 0.05) is 34.6 Å². The van der Waals surface area contributed by atoms with Crippen molar-refractivity contribution >= 4 is 50.8 Å². The molecule has 0 unspecified atom stereocenters. The maximum Gasteiger partial charge on any atom is 0.253 e. The lowest BCUT2D eigenvalue weighted by molar-refractivity contribution is -0.116. The normalized spacial score (nSPS) is 14.2. The predicted molar refractivity (Wildman–Crippen MR) is 122 cm³/mol. The summed E-state index contributed by atoms with van der Waals surface area (Å²) in [4.78, 5) is 37.1. The summed E-state index contributed by atoms with van der Waals surface area (Å²) < 4.78 is 0.892. The highest BCUT2D eigenvalue weighted by molar-refractivity contribution is 9.10. The van der Waals surface area contributed by atoms with Gasteiger partial charge in [-0.3, -0.25) is 14.4 Å². The molecule has 0 saturated heterocycles. The minimum absolute atomic E-state index is 0.0567. The average molecular weight is 492 g/mol. The summed E-state index contributed by atoms with van der Waals surface area (Å²) in [7, 11) is 0. The van der Waals surface area contributed by atoms with Crippen molar-refractivity contribution in [2.75, 3.05) is 5.32 Å². The first kappa shape index (κ1) is 22.5. The van der Waals surface area contributed by atoms with Crippen LogP contribution in [0.5, 0.6) is 0 Å². The van der Waals surface area contributed by atoms with Crippen LogP contribution in [-0.4, -0.2) is 23.6 Å². The molecule has 2 aromatic rings. The molecular weight excluding hydrogens is 468 g/mol. The van der Waals surface area contributed by atoms with E-state index in [-0.39, 0.29) is 36.5 Å². The standard InChI is InChI=1S/C23H24BrClN2O3/c24-16-8-6-15(7-9-16)21(28)12-13-22(29)26-18-10-11-20(25)19(14-18)23(30)27-17-4-2-1-3-5-17/h6-11,14,17H,1-5,12-13H2,(H,26,29)(H,27,30). The first-order valence-electron chi connectivity index (χ1n) is 10.1. The van der Waals surface area contributed by atoms with E-state index in [1.807, 2.05) is 0 Å². The number of rotatable bonds is 7. The molecule has 2 amide bonds. The Kier molecular flexibility index (Phi) is 8.05. The Morgan fingerprint density at radius 3 is 2.37 bits per heavy atom. The number of carbonyl (C=O) groups excluding carboxylic acids is 3. The monoisotopic (exact) mass is 490 g/mol. The highest BCUT2D eigenvalue weighted by Crippen LogP contribution is 2.23. The fourth-order valence-electron chi connectivity index (χ4n) is 3.52. The van der Waals surface area contributed by atoms with Gasteiger partial charge in [0.1, 0.15) is 0 Å². The van der Waals surface area contributed by atoms with Crippen molar-refractivity contribution in [2.24, 2.45) is 0 Å². The zero-order valence-corrected chi connectivity index (χ0v) is 18.9. The molecule has 0 bridgehead atoms. The Morgan fingerprint density at radius 1 is 0.967 bits per heavy atom. The molecule has 0 radical (unpaired) electrons. The molecular formula is C23H24BrClN2O3. The maximum atomic E-state index is 12.6. The zero-order chi connectivity index (χ0) is 21.5. The van der Waals surface area contributed by atoms with Crippen LogP contribution < -0.4 is 10.6 Å². The van der Waals surface area contributed by atoms with Gasteiger partial charge < -0.3 is 10.6 Å². The van der Waals surface area contributed by atoms with Crippen LogP contribution in [0.1, 0.15) is 65.7 Å². The second-order valence-corrected chi connectivity index (χ2v) is 8.80. The first-order valence-corrected chi connectivity index (χ1v) is 11.3. The summed E-state index contributed by atoms with van der Waals surface area (Å²) in [6.45, 7) is 0. The fraction of sp³-hybridized carbons (Fsp3) is 0.348. The minimum atomic E-state index is -0.290. The van der Waals surface area contributed by atoms with E-state index in [4.69, 9.17) is 11.6 Å². The van der Waals surface area contributed by atoms with Crippen molar-refractivity contribution in [1.29, 1.82) is 0 Å². The third kappa shape index (κ3) is 6.41. The van der Waals surface area contributed by atoms with E-state index in [1.54, 1.807) is 42.5 Å². The van der Waals surface area contributed by atoms with Crippen LogP contribution >= 0.6 is 27.5 Å². The summed E-state index contributed by atoms with van der Waals surface area (Å²) in [6.07, 6.45) is 5.57. The molecule has 2 N–H and O–H groups in total. The molecule has 1 aliphatic rings. The second kappa shape index (κ2) is 10.7. The van der Waals surface area contributed by atoms with E-state index in [2.05, 4.69) is 26.6 Å². The summed E-state index contributed by atoms with van der Waals surface area (Å²) in [5, 5.41) is 6.12. The number of amides is 2. The summed E-state index contributed by atoms with van der Waals surface area (Å²) >= 11 is 9.53. The van der Waals surface area contributed by atoms with Crippen LogP contribution in [0.25, 0.3) is 0 Å². The van der Waals surface area contributed by atoms with E-state index >= 15 is 0 Å². The van der Waals surface area contributed by atoms with Crippen LogP contribution in [0.3, 0.4) is 0 Å². The van der Waals surface area contributed by atoms with Crippen LogP contribution in [0.4, 0.5) is 5.69 Å². The molecule has 2 aromatic carbocycles. The number of Topliss-reactive ketones (excluding diaryl/α,β-unsaturated/α-hetero) is 1. The molecule has 5 nitrogen and oxygen atoms in total. The van der Waals surface area contributed by atoms with Crippen LogP contribution in [0.2, 0.25) is 5.02 Å². The lowest BCUT2D eigenvalue weighted by Gasteiger charge is -2.23. The van der Waals surface area contributed by atoms with Gasteiger partial charge >= 0.3 is 0 Å². The zero-order valence-electron chi connectivity index (χ0n) is 16.5. The first-order chi connectivity index (χ1) is 14.4. The van der Waals surface area contributed by atoms with Gasteiger partial charge in [-0.15, -0.1) is 0 Å². The van der Waals surface area contributed by atoms with Crippen LogP contribution in [0.15, 0.2) is 46.9 Å². The third-order valence-electron chi connectivity index (χ3n) is 5.18. The highest BCUT2D eigenvalue weighted by Gasteiger charge is 2.19. The van der Waals surface area contributed by atoms with Gasteiger partial charge in [0.05, 0.1) is 10.6 Å². The molecule has 1 aliphatic carbocycles. The molecule has 0 atom stereocenters. The van der Waals surface area contributed by atoms with E-state index in [9.17, 15) is 14.4 Å². The molecule has 30 heavy (non-hydrogen) atoms. The number of carbonyl (C=O) groups is 3. The van der Waals surface area contributed by atoms with E-state index in [1.165, 1.54) is 6.42 Å². The largest absolute Gasteiger partial charge is 0.349 e. The average Bonchev–Trinajstić information content (AvgIpc) is 2.74. The SMILES string of the molecule is O=C(CCC(=O)c1ccc(Br)cc1)Nc1ccc(Cl)c(C(=O)NC2CCCCC2)c1. The van der Waals surface area contributed by atoms with Gasteiger partial charge in [-0.2, -0.15) is 0 Å². The fourth-order valence-corrected chi connectivity index (χ4v) is 3.99. The highest BCUT2D eigenvalue weighted by atomic mass is 79.9. The van der Waals surface area contributed by atoms with Crippen molar-refractivity contribution < 1.29 is 14.4 Å². The van der Waals surface area contributed by atoms with Crippen LogP contribution in [0, 0.1) is 0 Å².